The molecule has 0 fully saturated rings. The Kier molecular flexibility index (Phi) is 5.75. The van der Waals surface area contributed by atoms with Crippen LogP contribution in [-0.2, 0) is 11.2 Å². The Labute approximate surface area is 178 Å². The third kappa shape index (κ3) is 4.04. The second-order valence-corrected chi connectivity index (χ2v) is 8.04. The average molecular weight is 401 g/mol. The zero-order chi connectivity index (χ0) is 21.1. The first-order valence-electron chi connectivity index (χ1n) is 10.4. The number of allylic oxidation sites excluding steroid dienone is 2. The minimum Gasteiger partial charge on any atom is -0.472 e. The summed E-state index contributed by atoms with van der Waals surface area (Å²) in [5, 5.41) is 4.10. The number of benzene rings is 2. The second-order valence-electron chi connectivity index (χ2n) is 8.04. The van der Waals surface area contributed by atoms with E-state index in [1.54, 1.807) is 6.26 Å². The molecule has 0 aliphatic carbocycles. The van der Waals surface area contributed by atoms with Crippen LogP contribution in [0, 0.1) is 19.8 Å². The van der Waals surface area contributed by atoms with Crippen molar-refractivity contribution in [2.75, 3.05) is 4.90 Å². The van der Waals surface area contributed by atoms with Gasteiger partial charge in [0.1, 0.15) is 6.26 Å². The van der Waals surface area contributed by atoms with Crippen molar-refractivity contribution in [2.24, 2.45) is 5.92 Å². The number of hydrogen-bond acceptors (Lipinski definition) is 4. The standard InChI is InChI=1S/C26H28N2O2/c1-18(2)9-8-12-22-17-23(13-14-24(22)21-10-6-5-7-11-21)26-28(15-16-29-26)25-19(3)20(4)27-30-25/h5-11,13-18,26H,12H2,1-4H3/b9-8+. The van der Waals surface area contributed by atoms with E-state index in [-0.39, 0.29) is 6.23 Å². The lowest BCUT2D eigenvalue weighted by molar-refractivity contribution is 0.169. The van der Waals surface area contributed by atoms with Crippen LogP contribution < -0.4 is 4.90 Å². The van der Waals surface area contributed by atoms with Gasteiger partial charge in [-0.05, 0) is 48.9 Å². The van der Waals surface area contributed by atoms with Gasteiger partial charge in [-0.25, -0.2) is 0 Å². The first kappa shape index (κ1) is 20.0. The molecular weight excluding hydrogens is 372 g/mol. The summed E-state index contributed by atoms with van der Waals surface area (Å²) in [4.78, 5) is 2.00. The predicted octanol–water partition coefficient (Wildman–Crippen LogP) is 6.72. The van der Waals surface area contributed by atoms with E-state index in [9.17, 15) is 0 Å². The van der Waals surface area contributed by atoms with Crippen LogP contribution in [0.2, 0.25) is 0 Å². The van der Waals surface area contributed by atoms with E-state index >= 15 is 0 Å². The van der Waals surface area contributed by atoms with Gasteiger partial charge in [0.2, 0.25) is 12.1 Å². The lowest BCUT2D eigenvalue weighted by Gasteiger charge is -2.23. The molecule has 2 heterocycles. The molecule has 0 saturated heterocycles. The minimum atomic E-state index is -0.270. The molecular formula is C26H28N2O2. The summed E-state index contributed by atoms with van der Waals surface area (Å²) < 4.78 is 11.5. The van der Waals surface area contributed by atoms with Gasteiger partial charge in [0.15, 0.2) is 0 Å². The molecule has 0 saturated carbocycles. The highest BCUT2D eigenvalue weighted by atomic mass is 16.5. The average Bonchev–Trinajstić information content (AvgIpc) is 3.35. The maximum Gasteiger partial charge on any atom is 0.237 e. The van der Waals surface area contributed by atoms with Crippen molar-refractivity contribution in [1.82, 2.24) is 5.16 Å². The quantitative estimate of drug-likeness (QED) is 0.431. The number of nitrogens with zero attached hydrogens (tertiary/aromatic N) is 2. The Morgan fingerprint density at radius 3 is 2.60 bits per heavy atom. The van der Waals surface area contributed by atoms with Gasteiger partial charge in [-0.2, -0.15) is 0 Å². The summed E-state index contributed by atoms with van der Waals surface area (Å²) in [5.41, 5.74) is 6.75. The first-order chi connectivity index (χ1) is 14.5. The van der Waals surface area contributed by atoms with Gasteiger partial charge in [-0.3, -0.25) is 4.90 Å². The summed E-state index contributed by atoms with van der Waals surface area (Å²) >= 11 is 0. The third-order valence-electron chi connectivity index (χ3n) is 5.41. The summed E-state index contributed by atoms with van der Waals surface area (Å²) in [7, 11) is 0. The molecule has 0 bridgehead atoms. The van der Waals surface area contributed by atoms with E-state index in [0.29, 0.717) is 5.92 Å². The smallest absolute Gasteiger partial charge is 0.237 e. The molecule has 4 rings (SSSR count). The second kappa shape index (κ2) is 8.62. The van der Waals surface area contributed by atoms with Gasteiger partial charge in [0.05, 0.1) is 5.69 Å². The number of anilines is 1. The lowest BCUT2D eigenvalue weighted by atomic mass is 9.94. The molecule has 0 radical (unpaired) electrons. The van der Waals surface area contributed by atoms with Crippen LogP contribution in [0.1, 0.15) is 42.5 Å². The Morgan fingerprint density at radius 2 is 1.90 bits per heavy atom. The zero-order valence-electron chi connectivity index (χ0n) is 18.0. The largest absolute Gasteiger partial charge is 0.472 e. The fourth-order valence-electron chi connectivity index (χ4n) is 3.68. The van der Waals surface area contributed by atoms with Crippen molar-refractivity contribution in [3.05, 3.63) is 95.5 Å². The van der Waals surface area contributed by atoms with Crippen LogP contribution in [0.5, 0.6) is 0 Å². The monoisotopic (exact) mass is 400 g/mol. The van der Waals surface area contributed by atoms with E-state index in [2.05, 4.69) is 73.6 Å². The fourth-order valence-corrected chi connectivity index (χ4v) is 3.68. The molecule has 3 aromatic rings. The van der Waals surface area contributed by atoms with Crippen LogP contribution in [-0.4, -0.2) is 5.16 Å². The number of ether oxygens (including phenoxy) is 1. The van der Waals surface area contributed by atoms with Crippen LogP contribution >= 0.6 is 0 Å². The summed E-state index contributed by atoms with van der Waals surface area (Å²) in [5.74, 6) is 1.25. The zero-order valence-corrected chi connectivity index (χ0v) is 18.0. The fraction of sp³-hybridized carbons (Fsp3) is 0.269. The van der Waals surface area contributed by atoms with Crippen molar-refractivity contribution in [3.8, 4) is 11.1 Å². The van der Waals surface area contributed by atoms with Crippen molar-refractivity contribution in [2.45, 2.75) is 40.3 Å². The Balaban J connectivity index is 1.71. The molecule has 0 spiro atoms. The molecule has 2 aromatic carbocycles. The van der Waals surface area contributed by atoms with Gasteiger partial charge < -0.3 is 9.26 Å². The lowest BCUT2D eigenvalue weighted by Crippen LogP contribution is -2.20. The number of aromatic nitrogens is 1. The molecule has 4 nitrogen and oxygen atoms in total. The molecule has 1 aliphatic heterocycles. The molecule has 30 heavy (non-hydrogen) atoms. The van der Waals surface area contributed by atoms with Crippen LogP contribution in [0.4, 0.5) is 5.88 Å². The minimum absolute atomic E-state index is 0.270. The van der Waals surface area contributed by atoms with Crippen molar-refractivity contribution in [1.29, 1.82) is 0 Å². The summed E-state index contributed by atoms with van der Waals surface area (Å²) in [6.45, 7) is 8.36. The van der Waals surface area contributed by atoms with E-state index in [1.807, 2.05) is 31.0 Å². The third-order valence-corrected chi connectivity index (χ3v) is 5.41. The Bertz CT molecular complexity index is 1060. The Hall–Kier alpha value is -3.27. The molecule has 0 amide bonds. The predicted molar refractivity (Wildman–Crippen MR) is 121 cm³/mol. The maximum absolute atomic E-state index is 5.95. The van der Waals surface area contributed by atoms with E-state index in [1.165, 1.54) is 16.7 Å². The summed E-state index contributed by atoms with van der Waals surface area (Å²) in [6.07, 6.45) is 8.73. The van der Waals surface area contributed by atoms with Crippen molar-refractivity contribution >= 4 is 5.88 Å². The van der Waals surface area contributed by atoms with Crippen molar-refractivity contribution < 1.29 is 9.26 Å². The van der Waals surface area contributed by atoms with Crippen LogP contribution in [0.25, 0.3) is 11.1 Å². The van der Waals surface area contributed by atoms with Crippen LogP contribution in [0.15, 0.2) is 77.7 Å². The van der Waals surface area contributed by atoms with Gasteiger partial charge in [0, 0.05) is 17.3 Å². The van der Waals surface area contributed by atoms with Crippen molar-refractivity contribution in [3.63, 3.8) is 0 Å². The van der Waals surface area contributed by atoms with Gasteiger partial charge >= 0.3 is 0 Å². The summed E-state index contributed by atoms with van der Waals surface area (Å²) in [6, 6.07) is 17.1. The van der Waals surface area contributed by atoms with Gasteiger partial charge in [0.25, 0.3) is 0 Å². The molecule has 1 atom stereocenters. The normalized spacial score (nSPS) is 16.0. The van der Waals surface area contributed by atoms with Crippen LogP contribution in [0.3, 0.4) is 0 Å². The van der Waals surface area contributed by atoms with E-state index in [4.69, 9.17) is 9.26 Å². The van der Waals surface area contributed by atoms with Gasteiger partial charge in [-0.1, -0.05) is 73.6 Å². The number of rotatable bonds is 6. The first-order valence-corrected chi connectivity index (χ1v) is 10.4. The number of hydrogen-bond donors (Lipinski definition) is 0. The highest BCUT2D eigenvalue weighted by Gasteiger charge is 2.29. The molecule has 1 aliphatic rings. The molecule has 0 N–H and O–H groups in total. The SMILES string of the molecule is Cc1noc(N2C=COC2c2ccc(-c3ccccc3)c(C/C=C/C(C)C)c2)c1C. The maximum atomic E-state index is 5.95. The molecule has 4 heteroatoms. The Morgan fingerprint density at radius 1 is 1.10 bits per heavy atom. The number of aryl methyl sites for hydroxylation is 1. The van der Waals surface area contributed by atoms with E-state index < -0.39 is 0 Å². The topological polar surface area (TPSA) is 38.5 Å². The van der Waals surface area contributed by atoms with E-state index in [0.717, 1.165) is 29.1 Å². The highest BCUT2D eigenvalue weighted by Crippen LogP contribution is 2.37. The molecule has 154 valence electrons. The van der Waals surface area contributed by atoms with Gasteiger partial charge in [-0.15, -0.1) is 0 Å². The highest BCUT2D eigenvalue weighted by molar-refractivity contribution is 5.68. The molecule has 1 unspecified atom stereocenters. The molecule has 1 aromatic heterocycles.